The lowest BCUT2D eigenvalue weighted by atomic mass is 10.1. The van der Waals surface area contributed by atoms with Crippen molar-refractivity contribution in [3.05, 3.63) is 53.2 Å². The molecule has 0 aliphatic rings. The highest BCUT2D eigenvalue weighted by Crippen LogP contribution is 2.27. The van der Waals surface area contributed by atoms with Gasteiger partial charge in [-0.1, -0.05) is 30.3 Å². The van der Waals surface area contributed by atoms with E-state index in [1.807, 2.05) is 49.7 Å². The van der Waals surface area contributed by atoms with Crippen LogP contribution in [0.5, 0.6) is 0 Å². The van der Waals surface area contributed by atoms with Gasteiger partial charge >= 0.3 is 0 Å². The fraction of sp³-hybridized carbons (Fsp3) is 0.294. The second-order valence-electron chi connectivity index (χ2n) is 5.37. The minimum Gasteiger partial charge on any atom is -0.388 e. The van der Waals surface area contributed by atoms with E-state index in [4.69, 9.17) is 0 Å². The quantitative estimate of drug-likeness (QED) is 0.782. The van der Waals surface area contributed by atoms with Gasteiger partial charge in [-0.25, -0.2) is 9.97 Å². The minimum atomic E-state index is -0.454. The molecule has 3 aromatic rings. The van der Waals surface area contributed by atoms with E-state index >= 15 is 0 Å². The van der Waals surface area contributed by atoms with E-state index in [0.717, 1.165) is 34.0 Å². The molecule has 1 atom stereocenters. The Balaban J connectivity index is 1.74. The van der Waals surface area contributed by atoms with Gasteiger partial charge in [0.05, 0.1) is 11.5 Å². The van der Waals surface area contributed by atoms with Crippen LogP contribution in [0.4, 0.5) is 5.82 Å². The number of aromatic nitrogens is 2. The number of hydrogen-bond acceptors (Lipinski definition) is 5. The molecule has 0 saturated carbocycles. The topological polar surface area (TPSA) is 49.2 Å². The zero-order valence-electron chi connectivity index (χ0n) is 12.7. The number of benzene rings is 1. The van der Waals surface area contributed by atoms with Crippen LogP contribution < -0.4 is 4.90 Å². The largest absolute Gasteiger partial charge is 0.388 e. The highest BCUT2D eigenvalue weighted by atomic mass is 32.1. The maximum absolute atomic E-state index is 10.3. The van der Waals surface area contributed by atoms with Crippen molar-refractivity contribution in [3.8, 4) is 0 Å². The molecule has 1 N–H and O–H groups in total. The number of fused-ring (bicyclic) bond motifs is 1. The summed E-state index contributed by atoms with van der Waals surface area (Å²) >= 11 is 1.63. The van der Waals surface area contributed by atoms with Crippen molar-refractivity contribution in [1.29, 1.82) is 0 Å². The smallest absolute Gasteiger partial charge is 0.140 e. The molecule has 5 heteroatoms. The van der Waals surface area contributed by atoms with Crippen molar-refractivity contribution in [2.45, 2.75) is 19.4 Å². The molecule has 114 valence electrons. The van der Waals surface area contributed by atoms with Gasteiger partial charge < -0.3 is 10.0 Å². The maximum atomic E-state index is 10.3. The van der Waals surface area contributed by atoms with E-state index in [9.17, 15) is 5.11 Å². The van der Waals surface area contributed by atoms with Crippen LogP contribution in [0.3, 0.4) is 0 Å². The van der Waals surface area contributed by atoms with Crippen LogP contribution in [-0.2, 0) is 0 Å². The summed E-state index contributed by atoms with van der Waals surface area (Å²) in [6.07, 6.45) is 0.208. The third-order valence-electron chi connectivity index (χ3n) is 3.70. The molecule has 3 rings (SSSR count). The highest BCUT2D eigenvalue weighted by molar-refractivity contribution is 7.16. The number of thiophene rings is 1. The molecule has 0 fully saturated rings. The Labute approximate surface area is 134 Å². The third-order valence-corrected chi connectivity index (χ3v) is 4.51. The molecule has 1 aromatic carbocycles. The maximum Gasteiger partial charge on any atom is 0.140 e. The van der Waals surface area contributed by atoms with Crippen molar-refractivity contribution in [3.63, 3.8) is 0 Å². The first-order chi connectivity index (χ1) is 10.6. The number of aryl methyl sites for hydroxylation is 1. The second kappa shape index (κ2) is 6.42. The molecular formula is C17H19N3OS. The number of aliphatic hydroxyl groups excluding tert-OH is 1. The van der Waals surface area contributed by atoms with Crippen LogP contribution >= 0.6 is 11.3 Å². The number of aliphatic hydroxyl groups is 1. The van der Waals surface area contributed by atoms with Crippen molar-refractivity contribution in [2.75, 3.05) is 18.5 Å². The van der Waals surface area contributed by atoms with Crippen LogP contribution in [0.1, 0.15) is 23.9 Å². The predicted molar refractivity (Wildman–Crippen MR) is 91.4 cm³/mol. The Morgan fingerprint density at radius 2 is 1.95 bits per heavy atom. The Hall–Kier alpha value is -1.98. The minimum absolute atomic E-state index is 0.454. The molecule has 1 unspecified atom stereocenters. The fourth-order valence-electron chi connectivity index (χ4n) is 2.50. The van der Waals surface area contributed by atoms with Gasteiger partial charge in [0.1, 0.15) is 16.5 Å². The lowest BCUT2D eigenvalue weighted by molar-refractivity contribution is 0.170. The van der Waals surface area contributed by atoms with Crippen molar-refractivity contribution < 1.29 is 5.11 Å². The zero-order valence-corrected chi connectivity index (χ0v) is 13.5. The van der Waals surface area contributed by atoms with Crippen LogP contribution in [0, 0.1) is 6.92 Å². The van der Waals surface area contributed by atoms with Crippen molar-refractivity contribution in [1.82, 2.24) is 9.97 Å². The van der Waals surface area contributed by atoms with Crippen LogP contribution in [0.2, 0.25) is 0 Å². The average molecular weight is 313 g/mol. The Kier molecular flexibility index (Phi) is 4.36. The van der Waals surface area contributed by atoms with E-state index in [0.29, 0.717) is 6.42 Å². The van der Waals surface area contributed by atoms with Crippen LogP contribution in [0.25, 0.3) is 10.2 Å². The molecule has 0 bridgehead atoms. The molecule has 0 aliphatic carbocycles. The van der Waals surface area contributed by atoms with E-state index in [-0.39, 0.29) is 0 Å². The summed E-state index contributed by atoms with van der Waals surface area (Å²) in [5, 5.41) is 13.4. The first-order valence-corrected chi connectivity index (χ1v) is 8.19. The Bertz CT molecular complexity index is 757. The average Bonchev–Trinajstić information content (AvgIpc) is 3.00. The molecule has 0 amide bonds. The number of rotatable bonds is 5. The summed E-state index contributed by atoms with van der Waals surface area (Å²) in [6.45, 7) is 2.65. The molecule has 4 nitrogen and oxygen atoms in total. The standard InChI is InChI=1S/C17H19N3OS/c1-12-18-16(14-9-11-22-17(14)19-12)20(2)10-8-15(21)13-6-4-3-5-7-13/h3-7,9,11,15,21H,8,10H2,1-2H3. The first kappa shape index (κ1) is 14.9. The fourth-order valence-corrected chi connectivity index (χ4v) is 3.30. The number of hydrogen-bond donors (Lipinski definition) is 1. The third kappa shape index (κ3) is 3.10. The second-order valence-corrected chi connectivity index (χ2v) is 6.27. The normalized spacial score (nSPS) is 12.5. The summed E-state index contributed by atoms with van der Waals surface area (Å²) < 4.78 is 0. The summed E-state index contributed by atoms with van der Waals surface area (Å²) in [6, 6.07) is 11.8. The molecule has 0 radical (unpaired) electrons. The summed E-state index contributed by atoms with van der Waals surface area (Å²) in [5.74, 6) is 1.71. The van der Waals surface area contributed by atoms with Gasteiger partial charge in [0.25, 0.3) is 0 Å². The predicted octanol–water partition coefficient (Wildman–Crippen LogP) is 3.56. The van der Waals surface area contributed by atoms with E-state index in [1.54, 1.807) is 11.3 Å². The molecule has 0 saturated heterocycles. The molecule has 22 heavy (non-hydrogen) atoms. The SMILES string of the molecule is Cc1nc(N(C)CCC(O)c2ccccc2)c2ccsc2n1. The van der Waals surface area contributed by atoms with Crippen molar-refractivity contribution >= 4 is 27.4 Å². The van der Waals surface area contributed by atoms with E-state index < -0.39 is 6.10 Å². The molecular weight excluding hydrogens is 294 g/mol. The molecule has 2 heterocycles. The van der Waals surface area contributed by atoms with Gasteiger partial charge in [-0.15, -0.1) is 11.3 Å². The van der Waals surface area contributed by atoms with Crippen molar-refractivity contribution in [2.24, 2.45) is 0 Å². The highest BCUT2D eigenvalue weighted by Gasteiger charge is 2.13. The lowest BCUT2D eigenvalue weighted by Crippen LogP contribution is -2.22. The lowest BCUT2D eigenvalue weighted by Gasteiger charge is -2.21. The van der Waals surface area contributed by atoms with Gasteiger partial charge in [-0.3, -0.25) is 0 Å². The summed E-state index contributed by atoms with van der Waals surface area (Å²) in [4.78, 5) is 12.1. The van der Waals surface area contributed by atoms with Gasteiger partial charge in [-0.2, -0.15) is 0 Å². The Morgan fingerprint density at radius 1 is 1.18 bits per heavy atom. The first-order valence-electron chi connectivity index (χ1n) is 7.31. The van der Waals surface area contributed by atoms with Gasteiger partial charge in [-0.05, 0) is 30.4 Å². The monoisotopic (exact) mass is 313 g/mol. The van der Waals surface area contributed by atoms with Crippen LogP contribution in [0.15, 0.2) is 41.8 Å². The van der Waals surface area contributed by atoms with E-state index in [2.05, 4.69) is 20.9 Å². The summed E-state index contributed by atoms with van der Waals surface area (Å²) in [7, 11) is 2.01. The zero-order chi connectivity index (χ0) is 15.5. The van der Waals surface area contributed by atoms with Gasteiger partial charge in [0.15, 0.2) is 0 Å². The van der Waals surface area contributed by atoms with Gasteiger partial charge in [0, 0.05) is 13.6 Å². The van der Waals surface area contributed by atoms with Gasteiger partial charge in [0.2, 0.25) is 0 Å². The molecule has 0 spiro atoms. The summed E-state index contributed by atoms with van der Waals surface area (Å²) in [5.41, 5.74) is 0.954. The van der Waals surface area contributed by atoms with Crippen LogP contribution in [-0.4, -0.2) is 28.7 Å². The van der Waals surface area contributed by atoms with E-state index in [1.165, 1.54) is 0 Å². The number of nitrogens with zero attached hydrogens (tertiary/aromatic N) is 3. The molecule has 2 aromatic heterocycles. The number of anilines is 1. The Morgan fingerprint density at radius 3 is 2.73 bits per heavy atom. The molecule has 0 aliphatic heterocycles.